The van der Waals surface area contributed by atoms with E-state index in [-0.39, 0.29) is 17.4 Å². The molecule has 0 amide bonds. The van der Waals surface area contributed by atoms with Crippen molar-refractivity contribution in [2.45, 2.75) is 13.1 Å². The van der Waals surface area contributed by atoms with Crippen LogP contribution in [0.2, 0.25) is 0 Å². The number of rotatable bonds is 4. The molecule has 6 heteroatoms. The normalized spacial score (nSPS) is 12.8. The van der Waals surface area contributed by atoms with E-state index in [1.54, 1.807) is 50.1 Å². The quantitative estimate of drug-likeness (QED) is 0.629. The first kappa shape index (κ1) is 17.1. The van der Waals surface area contributed by atoms with E-state index < -0.39 is 11.7 Å². The molecule has 3 nitrogen and oxygen atoms in total. The average Bonchev–Trinajstić information content (AvgIpc) is 2.36. The van der Waals surface area contributed by atoms with E-state index in [4.69, 9.17) is 0 Å². The highest BCUT2D eigenvalue weighted by atomic mass is 19.4. The Kier molecular flexibility index (Phi) is 5.04. The predicted molar refractivity (Wildman–Crippen MR) is 79.8 cm³/mol. The molecule has 1 rings (SSSR count). The molecular weight excluding hydrogens is 281 g/mol. The van der Waals surface area contributed by atoms with Crippen LogP contribution in [0, 0.1) is 0 Å². The minimum Gasteiger partial charge on any atom is -0.378 e. The Labute approximate surface area is 122 Å². The number of carbonyl (C=O) groups is 1. The molecule has 0 saturated carbocycles. The van der Waals surface area contributed by atoms with Crippen molar-refractivity contribution >= 4 is 23.2 Å². The summed E-state index contributed by atoms with van der Waals surface area (Å²) in [6.45, 7) is 1.18. The van der Waals surface area contributed by atoms with Crippen LogP contribution in [0.5, 0.6) is 0 Å². The lowest BCUT2D eigenvalue weighted by Crippen LogP contribution is -2.19. The molecule has 0 unspecified atom stereocenters. The van der Waals surface area contributed by atoms with Gasteiger partial charge in [0.2, 0.25) is 0 Å². The standard InChI is InChI=1S/C15H19F3N2O/c1-10(9-21)14(15(16,17)18)12-8-11(19(2)3)6-7-13(12)20(4)5/h6-9H,1-5H3/b14-10+. The summed E-state index contributed by atoms with van der Waals surface area (Å²) >= 11 is 0. The highest BCUT2D eigenvalue weighted by Gasteiger charge is 2.38. The lowest BCUT2D eigenvalue weighted by molar-refractivity contribution is -0.105. The second-order valence-electron chi connectivity index (χ2n) is 5.16. The fourth-order valence-corrected chi connectivity index (χ4v) is 2.04. The number of allylic oxidation sites excluding steroid dienone is 2. The zero-order chi connectivity index (χ0) is 16.4. The van der Waals surface area contributed by atoms with Gasteiger partial charge in [-0.2, -0.15) is 13.2 Å². The summed E-state index contributed by atoms with van der Waals surface area (Å²) in [5, 5.41) is 0. The van der Waals surface area contributed by atoms with Gasteiger partial charge in [0, 0.05) is 50.7 Å². The zero-order valence-corrected chi connectivity index (χ0v) is 12.7. The molecular formula is C15H19F3N2O. The average molecular weight is 300 g/mol. The van der Waals surface area contributed by atoms with Crippen molar-refractivity contribution in [1.29, 1.82) is 0 Å². The summed E-state index contributed by atoms with van der Waals surface area (Å²) < 4.78 is 40.1. The van der Waals surface area contributed by atoms with Crippen LogP contribution in [0.3, 0.4) is 0 Å². The monoisotopic (exact) mass is 300 g/mol. The van der Waals surface area contributed by atoms with E-state index in [1.807, 2.05) is 0 Å². The van der Waals surface area contributed by atoms with Gasteiger partial charge in [-0.25, -0.2) is 0 Å². The second kappa shape index (κ2) is 6.20. The van der Waals surface area contributed by atoms with Gasteiger partial charge in [-0.1, -0.05) is 0 Å². The SMILES string of the molecule is C/C(C=O)=C(/c1cc(N(C)C)ccc1N(C)C)C(F)(F)F. The maximum absolute atomic E-state index is 13.4. The van der Waals surface area contributed by atoms with Crippen LogP contribution in [-0.4, -0.2) is 40.7 Å². The van der Waals surface area contributed by atoms with Crippen LogP contribution < -0.4 is 9.80 Å². The molecule has 0 atom stereocenters. The summed E-state index contributed by atoms with van der Waals surface area (Å²) in [5.74, 6) is 0. The van der Waals surface area contributed by atoms with E-state index in [0.29, 0.717) is 11.4 Å². The van der Waals surface area contributed by atoms with Crippen LogP contribution in [0.4, 0.5) is 24.5 Å². The molecule has 0 radical (unpaired) electrons. The molecule has 0 aliphatic rings. The van der Waals surface area contributed by atoms with Gasteiger partial charge >= 0.3 is 6.18 Å². The van der Waals surface area contributed by atoms with Crippen molar-refractivity contribution in [3.63, 3.8) is 0 Å². The van der Waals surface area contributed by atoms with Gasteiger partial charge in [-0.15, -0.1) is 0 Å². The molecule has 0 aliphatic heterocycles. The number of hydrogen-bond acceptors (Lipinski definition) is 3. The summed E-state index contributed by atoms with van der Waals surface area (Å²) in [7, 11) is 6.83. The molecule has 1 aromatic carbocycles. The first-order valence-electron chi connectivity index (χ1n) is 6.32. The second-order valence-corrected chi connectivity index (χ2v) is 5.16. The van der Waals surface area contributed by atoms with Gasteiger partial charge in [0.15, 0.2) is 0 Å². The largest absolute Gasteiger partial charge is 0.417 e. The Hall–Kier alpha value is -1.98. The number of hydrogen-bond donors (Lipinski definition) is 0. The number of nitrogens with zero attached hydrogens (tertiary/aromatic N) is 2. The van der Waals surface area contributed by atoms with Crippen LogP contribution >= 0.6 is 0 Å². The van der Waals surface area contributed by atoms with E-state index in [0.717, 1.165) is 0 Å². The Morgan fingerprint density at radius 2 is 1.67 bits per heavy atom. The predicted octanol–water partition coefficient (Wildman–Crippen LogP) is 3.35. The third-order valence-electron chi connectivity index (χ3n) is 3.10. The number of aldehydes is 1. The first-order chi connectivity index (χ1) is 9.59. The zero-order valence-electron chi connectivity index (χ0n) is 12.7. The van der Waals surface area contributed by atoms with Crippen molar-refractivity contribution in [2.75, 3.05) is 38.0 Å². The van der Waals surface area contributed by atoms with Gasteiger partial charge in [0.25, 0.3) is 0 Å². The summed E-state index contributed by atoms with van der Waals surface area (Å²) in [5.41, 5.74) is -0.181. The van der Waals surface area contributed by atoms with Gasteiger partial charge in [0.05, 0.1) is 5.57 Å². The van der Waals surface area contributed by atoms with Gasteiger partial charge < -0.3 is 9.80 Å². The van der Waals surface area contributed by atoms with Gasteiger partial charge in [-0.05, 0) is 25.1 Å². The van der Waals surface area contributed by atoms with E-state index in [2.05, 4.69) is 0 Å². The molecule has 0 aromatic heterocycles. The summed E-state index contributed by atoms with van der Waals surface area (Å²) in [4.78, 5) is 14.2. The van der Waals surface area contributed by atoms with Crippen molar-refractivity contribution in [2.24, 2.45) is 0 Å². The van der Waals surface area contributed by atoms with Crippen LogP contribution in [0.25, 0.3) is 5.57 Å². The molecule has 0 saturated heterocycles. The van der Waals surface area contributed by atoms with Gasteiger partial charge in [0.1, 0.15) is 6.29 Å². The molecule has 0 heterocycles. The molecule has 0 fully saturated rings. The third-order valence-corrected chi connectivity index (χ3v) is 3.10. The van der Waals surface area contributed by atoms with Crippen LogP contribution in [-0.2, 0) is 4.79 Å². The minimum absolute atomic E-state index is 0.00306. The Balaban J connectivity index is 3.71. The van der Waals surface area contributed by atoms with E-state index in [1.165, 1.54) is 13.0 Å². The maximum Gasteiger partial charge on any atom is 0.417 e. The van der Waals surface area contributed by atoms with Crippen molar-refractivity contribution in [1.82, 2.24) is 0 Å². The highest BCUT2D eigenvalue weighted by molar-refractivity contribution is 5.93. The van der Waals surface area contributed by atoms with Crippen molar-refractivity contribution in [3.8, 4) is 0 Å². The van der Waals surface area contributed by atoms with E-state index >= 15 is 0 Å². The number of benzene rings is 1. The smallest absolute Gasteiger partial charge is 0.378 e. The van der Waals surface area contributed by atoms with Crippen LogP contribution in [0.15, 0.2) is 23.8 Å². The lowest BCUT2D eigenvalue weighted by atomic mass is 9.97. The minimum atomic E-state index is -4.60. The van der Waals surface area contributed by atoms with Crippen molar-refractivity contribution < 1.29 is 18.0 Å². The third kappa shape index (κ3) is 3.77. The Bertz CT molecular complexity index is 561. The summed E-state index contributed by atoms with van der Waals surface area (Å²) in [6.07, 6.45) is -4.36. The number of alkyl halides is 3. The molecule has 1 aromatic rings. The fourth-order valence-electron chi connectivity index (χ4n) is 2.04. The lowest BCUT2D eigenvalue weighted by Gasteiger charge is -2.24. The molecule has 21 heavy (non-hydrogen) atoms. The highest BCUT2D eigenvalue weighted by Crippen LogP contribution is 2.41. The molecule has 0 spiro atoms. The van der Waals surface area contributed by atoms with Crippen LogP contribution in [0.1, 0.15) is 12.5 Å². The molecule has 0 N–H and O–H groups in total. The molecule has 0 aliphatic carbocycles. The Morgan fingerprint density at radius 1 is 1.10 bits per heavy atom. The van der Waals surface area contributed by atoms with Gasteiger partial charge in [-0.3, -0.25) is 4.79 Å². The summed E-state index contributed by atoms with van der Waals surface area (Å²) in [6, 6.07) is 4.81. The van der Waals surface area contributed by atoms with Crippen molar-refractivity contribution in [3.05, 3.63) is 29.3 Å². The number of carbonyl (C=O) groups excluding carboxylic acids is 1. The maximum atomic E-state index is 13.4. The molecule has 116 valence electrons. The fraction of sp³-hybridized carbons (Fsp3) is 0.400. The topological polar surface area (TPSA) is 23.6 Å². The number of anilines is 2. The first-order valence-corrected chi connectivity index (χ1v) is 6.32. The van der Waals surface area contributed by atoms with E-state index in [9.17, 15) is 18.0 Å². The molecule has 0 bridgehead atoms. The Morgan fingerprint density at radius 3 is 2.05 bits per heavy atom. The number of halogens is 3.